The minimum Gasteiger partial charge on any atom is -0.318 e. The quantitative estimate of drug-likeness (QED) is 0.520. The van der Waals surface area contributed by atoms with Crippen LogP contribution in [-0.4, -0.2) is 18.0 Å². The number of hydrogen-bond donors (Lipinski definition) is 2. The van der Waals surface area contributed by atoms with E-state index in [2.05, 4.69) is 15.8 Å². The van der Waals surface area contributed by atoms with Crippen molar-refractivity contribution >= 4 is 23.7 Å². The molecule has 2 aromatic carbocycles. The second-order valence-electron chi connectivity index (χ2n) is 5.33. The summed E-state index contributed by atoms with van der Waals surface area (Å²) in [6.07, 6.45) is 1.55. The van der Waals surface area contributed by atoms with Gasteiger partial charge in [0.2, 0.25) is 0 Å². The number of rotatable bonds is 3. The first-order chi connectivity index (χ1) is 11.0. The maximum atomic E-state index is 11.7. The molecule has 0 aromatic heterocycles. The van der Waals surface area contributed by atoms with Crippen LogP contribution >= 0.6 is 0 Å². The zero-order valence-electron chi connectivity index (χ0n) is 13.4. The minimum absolute atomic E-state index is 0.557. The second kappa shape index (κ2) is 7.35. The molecular formula is C18H19N3O2. The summed E-state index contributed by atoms with van der Waals surface area (Å²) in [6.45, 7) is 5.98. The van der Waals surface area contributed by atoms with Crippen LogP contribution in [-0.2, 0) is 9.59 Å². The molecule has 2 N–H and O–H groups in total. The van der Waals surface area contributed by atoms with Crippen LogP contribution in [0.4, 0.5) is 5.69 Å². The van der Waals surface area contributed by atoms with Gasteiger partial charge in [-0.3, -0.25) is 9.59 Å². The lowest BCUT2D eigenvalue weighted by atomic mass is 10.0. The Hall–Kier alpha value is -2.95. The van der Waals surface area contributed by atoms with E-state index in [9.17, 15) is 9.59 Å². The molecular weight excluding hydrogens is 290 g/mol. The first-order valence-electron chi connectivity index (χ1n) is 7.24. The number of anilines is 1. The number of carbonyl (C=O) groups excluding carboxylic acids is 2. The Kier molecular flexibility index (Phi) is 5.25. The van der Waals surface area contributed by atoms with Gasteiger partial charge >= 0.3 is 11.8 Å². The highest BCUT2D eigenvalue weighted by atomic mass is 16.2. The van der Waals surface area contributed by atoms with Crippen LogP contribution in [0.25, 0.3) is 0 Å². The Morgan fingerprint density at radius 3 is 2.17 bits per heavy atom. The summed E-state index contributed by atoms with van der Waals surface area (Å²) >= 11 is 0. The molecule has 0 saturated carbocycles. The molecule has 0 heterocycles. The predicted molar refractivity (Wildman–Crippen MR) is 91.5 cm³/mol. The summed E-state index contributed by atoms with van der Waals surface area (Å²) in [5.74, 6) is -1.57. The van der Waals surface area contributed by atoms with Gasteiger partial charge in [0.25, 0.3) is 0 Å². The van der Waals surface area contributed by atoms with Crippen molar-refractivity contribution in [2.75, 3.05) is 5.32 Å². The molecule has 0 spiro atoms. The molecule has 0 atom stereocenters. The van der Waals surface area contributed by atoms with Gasteiger partial charge in [-0.15, -0.1) is 0 Å². The van der Waals surface area contributed by atoms with E-state index in [1.807, 2.05) is 39.0 Å². The number of amides is 2. The van der Waals surface area contributed by atoms with E-state index in [0.717, 1.165) is 16.7 Å². The normalized spacial score (nSPS) is 10.6. The average molecular weight is 309 g/mol. The van der Waals surface area contributed by atoms with Crippen molar-refractivity contribution in [2.24, 2.45) is 5.10 Å². The predicted octanol–water partition coefficient (Wildman–Crippen LogP) is 2.70. The number of para-hydroxylation sites is 1. The van der Waals surface area contributed by atoms with Gasteiger partial charge in [0.15, 0.2) is 0 Å². The Labute approximate surface area is 135 Å². The van der Waals surface area contributed by atoms with Crippen LogP contribution in [0, 0.1) is 20.8 Å². The summed E-state index contributed by atoms with van der Waals surface area (Å²) in [7, 11) is 0. The summed E-state index contributed by atoms with van der Waals surface area (Å²) < 4.78 is 0. The van der Waals surface area contributed by atoms with E-state index in [1.165, 1.54) is 5.56 Å². The molecule has 0 aliphatic carbocycles. The fraction of sp³-hybridized carbons (Fsp3) is 0.167. The van der Waals surface area contributed by atoms with Gasteiger partial charge in [-0.1, -0.05) is 35.9 Å². The maximum absolute atomic E-state index is 11.7. The fourth-order valence-corrected chi connectivity index (χ4v) is 2.31. The number of nitrogens with zero attached hydrogens (tertiary/aromatic N) is 1. The van der Waals surface area contributed by atoms with Crippen molar-refractivity contribution in [1.29, 1.82) is 0 Å². The lowest BCUT2D eigenvalue weighted by molar-refractivity contribution is -0.136. The standard InChI is InChI=1S/C18H19N3O2/c1-12-9-13(2)16(14(3)10-12)11-19-21-18(23)17(22)20-15-7-5-4-6-8-15/h4-11H,1-3H3,(H,20,22)(H,21,23)/b19-11-. The SMILES string of the molecule is Cc1cc(C)c(/C=N\NC(=O)C(=O)Nc2ccccc2)c(C)c1. The van der Waals surface area contributed by atoms with E-state index in [-0.39, 0.29) is 0 Å². The van der Waals surface area contributed by atoms with Crippen molar-refractivity contribution < 1.29 is 9.59 Å². The van der Waals surface area contributed by atoms with Gasteiger partial charge in [0.05, 0.1) is 6.21 Å². The molecule has 0 bridgehead atoms. The third kappa shape index (κ3) is 4.51. The van der Waals surface area contributed by atoms with Crippen molar-refractivity contribution in [3.63, 3.8) is 0 Å². The number of hydrazone groups is 1. The molecule has 0 aliphatic heterocycles. The van der Waals surface area contributed by atoms with E-state index < -0.39 is 11.8 Å². The van der Waals surface area contributed by atoms with E-state index in [4.69, 9.17) is 0 Å². The van der Waals surface area contributed by atoms with Crippen molar-refractivity contribution in [3.05, 3.63) is 64.7 Å². The summed E-state index contributed by atoms with van der Waals surface area (Å²) in [5, 5.41) is 6.37. The second-order valence-corrected chi connectivity index (χ2v) is 5.33. The Morgan fingerprint density at radius 2 is 1.57 bits per heavy atom. The third-order valence-electron chi connectivity index (χ3n) is 3.34. The molecule has 5 heteroatoms. The Bertz CT molecular complexity index is 729. The molecule has 0 unspecified atom stereocenters. The number of carbonyl (C=O) groups is 2. The van der Waals surface area contributed by atoms with E-state index >= 15 is 0 Å². The van der Waals surface area contributed by atoms with E-state index in [1.54, 1.807) is 30.5 Å². The molecule has 0 aliphatic rings. The lowest BCUT2D eigenvalue weighted by Gasteiger charge is -2.06. The fourth-order valence-electron chi connectivity index (χ4n) is 2.31. The number of nitrogens with one attached hydrogen (secondary N) is 2. The molecule has 23 heavy (non-hydrogen) atoms. The first kappa shape index (κ1) is 16.4. The highest BCUT2D eigenvalue weighted by Gasteiger charge is 2.12. The maximum Gasteiger partial charge on any atom is 0.329 e. The summed E-state index contributed by atoms with van der Waals surface area (Å²) in [6, 6.07) is 12.9. The number of benzene rings is 2. The molecule has 0 fully saturated rings. The van der Waals surface area contributed by atoms with Gasteiger partial charge in [0, 0.05) is 11.3 Å². The molecule has 0 saturated heterocycles. The van der Waals surface area contributed by atoms with Gasteiger partial charge in [-0.05, 0) is 44.0 Å². The summed E-state index contributed by atoms with van der Waals surface area (Å²) in [4.78, 5) is 23.5. The van der Waals surface area contributed by atoms with Crippen LogP contribution in [0.2, 0.25) is 0 Å². The smallest absolute Gasteiger partial charge is 0.318 e. The monoisotopic (exact) mass is 309 g/mol. The molecule has 0 radical (unpaired) electrons. The Morgan fingerprint density at radius 1 is 0.957 bits per heavy atom. The van der Waals surface area contributed by atoms with Crippen LogP contribution in [0.1, 0.15) is 22.3 Å². The molecule has 5 nitrogen and oxygen atoms in total. The topological polar surface area (TPSA) is 70.6 Å². The van der Waals surface area contributed by atoms with Crippen LogP contribution in [0.3, 0.4) is 0 Å². The number of hydrogen-bond acceptors (Lipinski definition) is 3. The molecule has 2 rings (SSSR count). The average Bonchev–Trinajstić information content (AvgIpc) is 2.50. The minimum atomic E-state index is -0.812. The molecule has 118 valence electrons. The zero-order valence-corrected chi connectivity index (χ0v) is 13.4. The van der Waals surface area contributed by atoms with Crippen molar-refractivity contribution in [1.82, 2.24) is 5.43 Å². The van der Waals surface area contributed by atoms with Gasteiger partial charge in [0.1, 0.15) is 0 Å². The highest BCUT2D eigenvalue weighted by molar-refractivity contribution is 6.39. The largest absolute Gasteiger partial charge is 0.329 e. The zero-order chi connectivity index (χ0) is 16.8. The van der Waals surface area contributed by atoms with Crippen LogP contribution in [0.5, 0.6) is 0 Å². The van der Waals surface area contributed by atoms with E-state index in [0.29, 0.717) is 5.69 Å². The number of aryl methyl sites for hydroxylation is 3. The van der Waals surface area contributed by atoms with Gasteiger partial charge in [-0.25, -0.2) is 5.43 Å². The lowest BCUT2D eigenvalue weighted by Crippen LogP contribution is -2.32. The van der Waals surface area contributed by atoms with Crippen molar-refractivity contribution in [3.8, 4) is 0 Å². The van der Waals surface area contributed by atoms with Gasteiger partial charge < -0.3 is 5.32 Å². The van der Waals surface area contributed by atoms with Crippen LogP contribution in [0.15, 0.2) is 47.6 Å². The molecule has 2 amide bonds. The van der Waals surface area contributed by atoms with Gasteiger partial charge in [-0.2, -0.15) is 5.10 Å². The van der Waals surface area contributed by atoms with Crippen LogP contribution < -0.4 is 10.7 Å². The summed E-state index contributed by atoms with van der Waals surface area (Å²) in [5.41, 5.74) is 7.02. The third-order valence-corrected chi connectivity index (χ3v) is 3.34. The highest BCUT2D eigenvalue weighted by Crippen LogP contribution is 2.14. The Balaban J connectivity index is 1.98. The molecule has 2 aromatic rings. The van der Waals surface area contributed by atoms with Crippen molar-refractivity contribution in [2.45, 2.75) is 20.8 Å². The first-order valence-corrected chi connectivity index (χ1v) is 7.24.